The van der Waals surface area contributed by atoms with Crippen molar-refractivity contribution in [3.8, 4) is 5.75 Å². The van der Waals surface area contributed by atoms with Gasteiger partial charge in [0, 0.05) is 20.1 Å². The normalized spacial score (nSPS) is 14.0. The predicted molar refractivity (Wildman–Crippen MR) is 82.7 cm³/mol. The third-order valence-electron chi connectivity index (χ3n) is 3.33. The fraction of sp³-hybridized carbons (Fsp3) is 0.562. The van der Waals surface area contributed by atoms with Crippen LogP contribution in [-0.4, -0.2) is 39.3 Å². The minimum atomic E-state index is -0.0383. The zero-order valence-corrected chi connectivity index (χ0v) is 12.6. The van der Waals surface area contributed by atoms with E-state index in [4.69, 9.17) is 9.47 Å². The molecular formula is C16H24N2O3. The van der Waals surface area contributed by atoms with Crippen LogP contribution in [0.25, 0.3) is 0 Å². The summed E-state index contributed by atoms with van der Waals surface area (Å²) in [6.45, 7) is 2.51. The van der Waals surface area contributed by atoms with Crippen LogP contribution in [0.1, 0.15) is 19.3 Å². The molecule has 1 amide bonds. The zero-order valence-electron chi connectivity index (χ0n) is 12.6. The summed E-state index contributed by atoms with van der Waals surface area (Å²) in [7, 11) is 1.67. The highest BCUT2D eigenvalue weighted by molar-refractivity contribution is 5.93. The van der Waals surface area contributed by atoms with Gasteiger partial charge in [-0.1, -0.05) is 12.1 Å². The highest BCUT2D eigenvalue weighted by Crippen LogP contribution is 2.27. The van der Waals surface area contributed by atoms with Gasteiger partial charge in [-0.25, -0.2) is 0 Å². The molecule has 0 radical (unpaired) electrons. The number of benzene rings is 1. The van der Waals surface area contributed by atoms with Crippen molar-refractivity contribution in [2.75, 3.05) is 38.7 Å². The Morgan fingerprint density at radius 3 is 2.86 bits per heavy atom. The number of ether oxygens (including phenoxy) is 2. The first-order valence-electron chi connectivity index (χ1n) is 7.51. The van der Waals surface area contributed by atoms with Crippen LogP contribution in [0.4, 0.5) is 5.69 Å². The molecule has 1 aliphatic rings. The van der Waals surface area contributed by atoms with Gasteiger partial charge >= 0.3 is 0 Å². The van der Waals surface area contributed by atoms with Gasteiger partial charge in [0.25, 0.3) is 0 Å². The minimum Gasteiger partial charge on any atom is -0.491 e. The summed E-state index contributed by atoms with van der Waals surface area (Å²) < 4.78 is 10.7. The molecule has 0 spiro atoms. The highest BCUT2D eigenvalue weighted by Gasteiger charge is 2.20. The quantitative estimate of drug-likeness (QED) is 0.648. The maximum atomic E-state index is 11.9. The third kappa shape index (κ3) is 6.14. The summed E-state index contributed by atoms with van der Waals surface area (Å²) in [5.74, 6) is 1.43. The molecular weight excluding hydrogens is 268 g/mol. The Kier molecular flexibility index (Phi) is 6.50. The zero-order chi connectivity index (χ0) is 14.9. The van der Waals surface area contributed by atoms with Gasteiger partial charge in [0.05, 0.1) is 18.8 Å². The van der Waals surface area contributed by atoms with Crippen LogP contribution in [0.3, 0.4) is 0 Å². The lowest BCUT2D eigenvalue weighted by Crippen LogP contribution is -2.29. The maximum absolute atomic E-state index is 11.9. The lowest BCUT2D eigenvalue weighted by atomic mass is 10.3. The molecule has 116 valence electrons. The van der Waals surface area contributed by atoms with Crippen molar-refractivity contribution in [2.24, 2.45) is 5.92 Å². The Labute approximate surface area is 126 Å². The van der Waals surface area contributed by atoms with E-state index in [1.54, 1.807) is 7.11 Å². The molecule has 0 aromatic heterocycles. The van der Waals surface area contributed by atoms with Crippen molar-refractivity contribution < 1.29 is 14.3 Å². The summed E-state index contributed by atoms with van der Waals surface area (Å²) in [4.78, 5) is 11.9. The average molecular weight is 292 g/mol. The molecule has 21 heavy (non-hydrogen) atoms. The van der Waals surface area contributed by atoms with Gasteiger partial charge in [0.1, 0.15) is 5.75 Å². The average Bonchev–Trinajstić information content (AvgIpc) is 3.29. The van der Waals surface area contributed by atoms with Crippen LogP contribution < -0.4 is 15.4 Å². The number of methoxy groups -OCH3 is 1. The number of carbonyl (C=O) groups is 1. The van der Waals surface area contributed by atoms with Crippen molar-refractivity contribution in [3.63, 3.8) is 0 Å². The third-order valence-corrected chi connectivity index (χ3v) is 3.33. The fourth-order valence-corrected chi connectivity index (χ4v) is 1.99. The molecule has 2 N–H and O–H groups in total. The molecule has 2 rings (SSSR count). The summed E-state index contributed by atoms with van der Waals surface area (Å²) in [6.07, 6.45) is 3.39. The Morgan fingerprint density at radius 1 is 1.29 bits per heavy atom. The Hall–Kier alpha value is -1.59. The largest absolute Gasteiger partial charge is 0.491 e. The first-order valence-corrected chi connectivity index (χ1v) is 7.51. The van der Waals surface area contributed by atoms with Gasteiger partial charge in [-0.05, 0) is 37.4 Å². The molecule has 5 heteroatoms. The molecule has 5 nitrogen and oxygen atoms in total. The van der Waals surface area contributed by atoms with Crippen LogP contribution in [-0.2, 0) is 9.53 Å². The van der Waals surface area contributed by atoms with E-state index in [1.165, 1.54) is 12.8 Å². The molecule has 0 unspecified atom stereocenters. The van der Waals surface area contributed by atoms with E-state index < -0.39 is 0 Å². The van der Waals surface area contributed by atoms with Gasteiger partial charge < -0.3 is 20.1 Å². The van der Waals surface area contributed by atoms with Crippen molar-refractivity contribution in [2.45, 2.75) is 19.3 Å². The van der Waals surface area contributed by atoms with E-state index in [0.717, 1.165) is 18.9 Å². The second kappa shape index (κ2) is 8.64. The number of rotatable bonds is 10. The fourth-order valence-electron chi connectivity index (χ4n) is 1.99. The Balaban J connectivity index is 1.76. The first-order chi connectivity index (χ1) is 10.3. The van der Waals surface area contributed by atoms with Crippen molar-refractivity contribution in [1.82, 2.24) is 5.32 Å². The van der Waals surface area contributed by atoms with Crippen LogP contribution in [0.5, 0.6) is 5.75 Å². The minimum absolute atomic E-state index is 0.0383. The molecule has 1 fully saturated rings. The summed E-state index contributed by atoms with van der Waals surface area (Å²) >= 11 is 0. The van der Waals surface area contributed by atoms with Gasteiger partial charge in [-0.15, -0.1) is 0 Å². The summed E-state index contributed by atoms with van der Waals surface area (Å²) in [6, 6.07) is 7.49. The van der Waals surface area contributed by atoms with E-state index in [2.05, 4.69) is 10.6 Å². The van der Waals surface area contributed by atoms with E-state index in [9.17, 15) is 4.79 Å². The van der Waals surface area contributed by atoms with Crippen molar-refractivity contribution in [3.05, 3.63) is 24.3 Å². The van der Waals surface area contributed by atoms with Gasteiger partial charge in [-0.3, -0.25) is 4.79 Å². The lowest BCUT2D eigenvalue weighted by Gasteiger charge is -2.12. The van der Waals surface area contributed by atoms with Crippen molar-refractivity contribution in [1.29, 1.82) is 0 Å². The molecule has 1 saturated carbocycles. The van der Waals surface area contributed by atoms with E-state index in [1.807, 2.05) is 24.3 Å². The van der Waals surface area contributed by atoms with Crippen molar-refractivity contribution >= 4 is 11.6 Å². The molecule has 0 bridgehead atoms. The van der Waals surface area contributed by atoms with Gasteiger partial charge in [0.15, 0.2) is 0 Å². The first kappa shape index (κ1) is 15.8. The molecule has 0 aliphatic heterocycles. The predicted octanol–water partition coefficient (Wildman–Crippen LogP) is 2.04. The molecule has 0 heterocycles. The standard InChI is InChI=1S/C16H24N2O3/c1-20-9-4-10-21-15-6-3-2-5-14(15)18-16(19)12-17-11-13-7-8-13/h2-3,5-6,13,17H,4,7-12H2,1H3,(H,18,19). The van der Waals surface area contributed by atoms with Gasteiger partial charge in [0.2, 0.25) is 5.91 Å². The SMILES string of the molecule is COCCCOc1ccccc1NC(=O)CNCC1CC1. The smallest absolute Gasteiger partial charge is 0.238 e. The van der Waals surface area contributed by atoms with Crippen LogP contribution >= 0.6 is 0 Å². The van der Waals surface area contributed by atoms with Crippen LogP contribution in [0, 0.1) is 5.92 Å². The molecule has 0 atom stereocenters. The number of anilines is 1. The number of nitrogens with one attached hydrogen (secondary N) is 2. The van der Waals surface area contributed by atoms with Crippen LogP contribution in [0.15, 0.2) is 24.3 Å². The summed E-state index contributed by atoms with van der Waals surface area (Å²) in [5.41, 5.74) is 0.716. The number of amides is 1. The lowest BCUT2D eigenvalue weighted by molar-refractivity contribution is -0.115. The van der Waals surface area contributed by atoms with E-state index in [0.29, 0.717) is 31.2 Å². The molecule has 0 saturated heterocycles. The number of para-hydroxylation sites is 2. The Bertz CT molecular complexity index is 447. The molecule has 1 aromatic carbocycles. The number of hydrogen-bond acceptors (Lipinski definition) is 4. The molecule has 1 aromatic rings. The monoisotopic (exact) mass is 292 g/mol. The Morgan fingerprint density at radius 2 is 2.10 bits per heavy atom. The molecule has 1 aliphatic carbocycles. The number of carbonyl (C=O) groups excluding carboxylic acids is 1. The maximum Gasteiger partial charge on any atom is 0.238 e. The van der Waals surface area contributed by atoms with Crippen LogP contribution in [0.2, 0.25) is 0 Å². The number of hydrogen-bond donors (Lipinski definition) is 2. The topological polar surface area (TPSA) is 59.6 Å². The second-order valence-electron chi connectivity index (χ2n) is 5.31. The summed E-state index contributed by atoms with van der Waals surface area (Å²) in [5, 5.41) is 6.07. The van der Waals surface area contributed by atoms with E-state index in [-0.39, 0.29) is 5.91 Å². The second-order valence-corrected chi connectivity index (χ2v) is 5.31. The van der Waals surface area contributed by atoms with Gasteiger partial charge in [-0.2, -0.15) is 0 Å². The van der Waals surface area contributed by atoms with E-state index >= 15 is 0 Å². The highest BCUT2D eigenvalue weighted by atomic mass is 16.5.